The Bertz CT molecular complexity index is 2230. The van der Waals surface area contributed by atoms with Crippen molar-refractivity contribution in [3.8, 4) is 11.1 Å². The lowest BCUT2D eigenvalue weighted by molar-refractivity contribution is 0.591. The van der Waals surface area contributed by atoms with Gasteiger partial charge in [-0.05, 0) is 56.9 Å². The van der Waals surface area contributed by atoms with E-state index in [9.17, 15) is 0 Å². The highest BCUT2D eigenvalue weighted by atomic mass is 31.2. The zero-order chi connectivity index (χ0) is 32.6. The molecule has 0 aliphatic heterocycles. The van der Waals surface area contributed by atoms with Crippen molar-refractivity contribution in [3.05, 3.63) is 194 Å². The van der Waals surface area contributed by atoms with Gasteiger partial charge in [-0.2, -0.15) is 0 Å². The van der Waals surface area contributed by atoms with Crippen molar-refractivity contribution in [2.75, 3.05) is 0 Å². The summed E-state index contributed by atoms with van der Waals surface area (Å²) in [6.45, 7) is 0. The van der Waals surface area contributed by atoms with Crippen LogP contribution >= 0.6 is 14.3 Å². The first-order chi connectivity index (χ1) is 23.5. The highest BCUT2D eigenvalue weighted by molar-refractivity contribution is 7.85. The molecule has 0 atom stereocenters. The molecule has 0 aliphatic carbocycles. The molecule has 0 amide bonds. The Morgan fingerprint density at radius 1 is 0.250 bits per heavy atom. The first-order valence-electron chi connectivity index (χ1n) is 16.1. The summed E-state index contributed by atoms with van der Waals surface area (Å²) in [7, 11) is -6.20. The maximum Gasteiger partial charge on any atom is 0.171 e. The number of rotatable bonds is 7. The van der Waals surface area contributed by atoms with E-state index in [1.807, 2.05) is 133 Å². The van der Waals surface area contributed by atoms with Crippen LogP contribution < -0.4 is 31.8 Å². The first-order valence-corrected chi connectivity index (χ1v) is 19.5. The van der Waals surface area contributed by atoms with Gasteiger partial charge in [0.05, 0.1) is 0 Å². The van der Waals surface area contributed by atoms with E-state index in [1.165, 1.54) is 0 Å². The highest BCUT2D eigenvalue weighted by Crippen LogP contribution is 2.44. The first kappa shape index (κ1) is 30.1. The van der Waals surface area contributed by atoms with Crippen molar-refractivity contribution in [2.24, 2.45) is 0 Å². The summed E-state index contributed by atoms with van der Waals surface area (Å²) in [5.41, 5.74) is 2.13. The van der Waals surface area contributed by atoms with E-state index in [4.69, 9.17) is 0 Å². The minimum Gasteiger partial charge on any atom is -0.309 e. The normalized spacial score (nSPS) is 11.9. The van der Waals surface area contributed by atoms with Gasteiger partial charge in [0.2, 0.25) is 0 Å². The van der Waals surface area contributed by atoms with Crippen LogP contribution in [0.2, 0.25) is 0 Å². The molecule has 8 rings (SSSR count). The highest BCUT2D eigenvalue weighted by Gasteiger charge is 2.31. The lowest BCUT2D eigenvalue weighted by atomic mass is 9.99. The third kappa shape index (κ3) is 5.25. The molecule has 0 saturated carbocycles. The molecule has 0 heterocycles. The third-order valence-corrected chi connectivity index (χ3v) is 15.3. The molecule has 2 nitrogen and oxygen atoms in total. The van der Waals surface area contributed by atoms with E-state index < -0.39 is 14.3 Å². The van der Waals surface area contributed by atoms with E-state index in [0.717, 1.165) is 64.5 Å². The van der Waals surface area contributed by atoms with Crippen molar-refractivity contribution in [2.45, 2.75) is 0 Å². The minimum atomic E-state index is -3.10. The second-order valence-electron chi connectivity index (χ2n) is 12.1. The van der Waals surface area contributed by atoms with Gasteiger partial charge in [0.1, 0.15) is 0 Å². The van der Waals surface area contributed by atoms with Crippen molar-refractivity contribution in [1.82, 2.24) is 0 Å². The van der Waals surface area contributed by atoms with Crippen LogP contribution in [0.1, 0.15) is 0 Å². The molecule has 8 aromatic rings. The number of hydrogen-bond donors (Lipinski definition) is 0. The molecule has 0 spiro atoms. The van der Waals surface area contributed by atoms with Crippen LogP contribution in [0.15, 0.2) is 194 Å². The number of hydrogen-bond acceptors (Lipinski definition) is 2. The van der Waals surface area contributed by atoms with Crippen LogP contribution in [0.5, 0.6) is 0 Å². The van der Waals surface area contributed by atoms with Crippen molar-refractivity contribution in [3.63, 3.8) is 0 Å². The van der Waals surface area contributed by atoms with E-state index in [-0.39, 0.29) is 0 Å². The summed E-state index contributed by atoms with van der Waals surface area (Å²) < 4.78 is 30.1. The minimum absolute atomic E-state index is 0.810. The lowest BCUT2D eigenvalue weighted by Crippen LogP contribution is -2.24. The average Bonchev–Trinajstić information content (AvgIpc) is 3.17. The third-order valence-electron chi connectivity index (χ3n) is 9.19. The summed E-state index contributed by atoms with van der Waals surface area (Å²) in [5.74, 6) is 0. The Hall–Kier alpha value is -5.26. The molecule has 230 valence electrons. The van der Waals surface area contributed by atoms with E-state index in [1.54, 1.807) is 0 Å². The molecule has 4 heteroatoms. The fraction of sp³-hybridized carbons (Fsp3) is 0. The van der Waals surface area contributed by atoms with Gasteiger partial charge in [0.15, 0.2) is 14.3 Å². The van der Waals surface area contributed by atoms with Crippen LogP contribution in [0, 0.1) is 0 Å². The summed E-state index contributed by atoms with van der Waals surface area (Å²) in [6.07, 6.45) is 0. The predicted molar refractivity (Wildman–Crippen MR) is 206 cm³/mol. The monoisotopic (exact) mass is 654 g/mol. The van der Waals surface area contributed by atoms with Crippen LogP contribution in [0.3, 0.4) is 0 Å². The summed E-state index contributed by atoms with van der Waals surface area (Å²) in [5, 5.41) is 9.14. The molecule has 0 bridgehead atoms. The van der Waals surface area contributed by atoms with Gasteiger partial charge in [0.25, 0.3) is 0 Å². The molecule has 8 aromatic carbocycles. The Kier molecular flexibility index (Phi) is 7.78. The average molecular weight is 655 g/mol. The van der Waals surface area contributed by atoms with Crippen LogP contribution in [-0.4, -0.2) is 0 Å². The summed E-state index contributed by atoms with van der Waals surface area (Å²) in [4.78, 5) is 0. The van der Waals surface area contributed by atoms with Gasteiger partial charge >= 0.3 is 0 Å². The SMILES string of the molecule is O=P(c1ccccc1)(c1ccccc1)c1ccc2ccc(-c3ccc4ccc(P(=O)(c5ccccc5)c5ccccc5)cc4c3)cc2c1. The van der Waals surface area contributed by atoms with Crippen LogP contribution in [0.25, 0.3) is 32.7 Å². The molecular formula is C44H32O2P2. The topological polar surface area (TPSA) is 34.1 Å². The van der Waals surface area contributed by atoms with Crippen molar-refractivity contribution < 1.29 is 9.13 Å². The zero-order valence-electron chi connectivity index (χ0n) is 26.2. The van der Waals surface area contributed by atoms with Gasteiger partial charge in [-0.25, -0.2) is 0 Å². The molecular weight excluding hydrogens is 622 g/mol. The van der Waals surface area contributed by atoms with Gasteiger partial charge in [-0.1, -0.05) is 170 Å². The predicted octanol–water partition coefficient (Wildman–Crippen LogP) is 8.94. The quantitative estimate of drug-likeness (QED) is 0.161. The number of benzene rings is 8. The van der Waals surface area contributed by atoms with E-state index in [0.29, 0.717) is 0 Å². The standard InChI is InChI=1S/C44H32O2P2/c45-47(39-13-5-1-6-14-39,40-15-7-2-8-16-40)43-27-25-33-21-23-35(29-37(33)31-43)36-24-22-34-26-28-44(32-38(34)30-36)48(46,41-17-9-3-10-18-41)42-19-11-4-12-20-42/h1-32H. The Morgan fingerprint density at radius 3 is 0.854 bits per heavy atom. The summed E-state index contributed by atoms with van der Waals surface area (Å²) >= 11 is 0. The van der Waals surface area contributed by atoms with E-state index >= 15 is 9.13 Å². The Labute approximate surface area is 281 Å². The fourth-order valence-electron chi connectivity index (χ4n) is 6.67. The van der Waals surface area contributed by atoms with Crippen molar-refractivity contribution in [1.29, 1.82) is 0 Å². The van der Waals surface area contributed by atoms with Gasteiger partial charge in [0, 0.05) is 31.8 Å². The van der Waals surface area contributed by atoms with Gasteiger partial charge in [-0.3, -0.25) is 0 Å². The molecule has 0 aliphatic rings. The zero-order valence-corrected chi connectivity index (χ0v) is 28.0. The molecule has 0 unspecified atom stereocenters. The molecule has 48 heavy (non-hydrogen) atoms. The molecule has 0 fully saturated rings. The maximum absolute atomic E-state index is 15.1. The summed E-state index contributed by atoms with van der Waals surface area (Å²) in [6, 6.07) is 64.4. The molecule has 0 radical (unpaired) electrons. The van der Waals surface area contributed by atoms with Gasteiger partial charge in [-0.15, -0.1) is 0 Å². The molecule has 0 N–H and O–H groups in total. The molecule has 0 aromatic heterocycles. The largest absolute Gasteiger partial charge is 0.309 e. The Balaban J connectivity index is 1.24. The number of fused-ring (bicyclic) bond motifs is 2. The maximum atomic E-state index is 15.1. The molecule has 0 saturated heterocycles. The second kappa shape index (κ2) is 12.4. The van der Waals surface area contributed by atoms with E-state index in [2.05, 4.69) is 60.7 Å². The van der Waals surface area contributed by atoms with Crippen LogP contribution in [0.4, 0.5) is 0 Å². The fourth-order valence-corrected chi connectivity index (χ4v) is 12.0. The second-order valence-corrected chi connectivity index (χ2v) is 17.6. The Morgan fingerprint density at radius 2 is 0.542 bits per heavy atom. The van der Waals surface area contributed by atoms with Gasteiger partial charge < -0.3 is 9.13 Å². The van der Waals surface area contributed by atoms with Crippen LogP contribution in [-0.2, 0) is 9.13 Å². The lowest BCUT2D eigenvalue weighted by Gasteiger charge is -2.21. The van der Waals surface area contributed by atoms with Crippen molar-refractivity contribution >= 4 is 67.7 Å². The smallest absolute Gasteiger partial charge is 0.171 e.